The van der Waals surface area contributed by atoms with Crippen molar-refractivity contribution in [2.24, 2.45) is 25.7 Å². The topological polar surface area (TPSA) is 99.3 Å². The number of amidine groups is 2. The second kappa shape index (κ2) is 3.41. The monoisotopic (exact) mass is 254 g/mol. The van der Waals surface area contributed by atoms with Crippen molar-refractivity contribution in [3.05, 3.63) is 0 Å². The molecule has 0 saturated carbocycles. The summed E-state index contributed by atoms with van der Waals surface area (Å²) in [4.78, 5) is 15.9. The lowest BCUT2D eigenvalue weighted by atomic mass is 10.2. The van der Waals surface area contributed by atoms with Gasteiger partial charge in [0.25, 0.3) is 0 Å². The van der Waals surface area contributed by atoms with Gasteiger partial charge in [0, 0.05) is 11.5 Å². The normalized spacial score (nSPS) is 25.1. The van der Waals surface area contributed by atoms with Crippen LogP contribution in [-0.2, 0) is 0 Å². The summed E-state index contributed by atoms with van der Waals surface area (Å²) < 4.78 is 0. The van der Waals surface area contributed by atoms with Crippen LogP contribution >= 0.6 is 15.9 Å². The first-order valence-electron chi connectivity index (χ1n) is 3.91. The summed E-state index contributed by atoms with van der Waals surface area (Å²) in [6.07, 6.45) is 1.67. The van der Waals surface area contributed by atoms with Crippen molar-refractivity contribution < 1.29 is 0 Å². The van der Waals surface area contributed by atoms with Crippen molar-refractivity contribution >= 4 is 45.5 Å². The zero-order valence-electron chi connectivity index (χ0n) is 7.11. The molecule has 0 aromatic heterocycles. The summed E-state index contributed by atoms with van der Waals surface area (Å²) in [6.45, 7) is 0. The van der Waals surface area contributed by atoms with Gasteiger partial charge >= 0.3 is 0 Å². The SMILES string of the molecule is N=C1N=C(N)C2=NC(CBr)C=NC2=N1. The maximum atomic E-state index is 7.24. The fourth-order valence-corrected chi connectivity index (χ4v) is 1.42. The molecule has 0 spiro atoms. The van der Waals surface area contributed by atoms with Gasteiger partial charge in [-0.25, -0.2) is 4.99 Å². The zero-order chi connectivity index (χ0) is 10.1. The van der Waals surface area contributed by atoms with E-state index in [0.717, 1.165) is 0 Å². The molecule has 2 aliphatic rings. The van der Waals surface area contributed by atoms with Gasteiger partial charge in [0.1, 0.15) is 5.71 Å². The van der Waals surface area contributed by atoms with Crippen LogP contribution in [0.2, 0.25) is 0 Å². The van der Waals surface area contributed by atoms with E-state index in [-0.39, 0.29) is 17.8 Å². The highest BCUT2D eigenvalue weighted by molar-refractivity contribution is 9.09. The van der Waals surface area contributed by atoms with Gasteiger partial charge in [0.15, 0.2) is 11.7 Å². The summed E-state index contributed by atoms with van der Waals surface area (Å²) in [5.74, 6) is 0.452. The summed E-state index contributed by atoms with van der Waals surface area (Å²) >= 11 is 3.30. The van der Waals surface area contributed by atoms with Crippen LogP contribution in [0.5, 0.6) is 0 Å². The van der Waals surface area contributed by atoms with Crippen molar-refractivity contribution in [1.29, 1.82) is 5.41 Å². The van der Waals surface area contributed by atoms with Gasteiger partial charge in [-0.3, -0.25) is 10.4 Å². The number of aliphatic imine (C=N–C) groups is 4. The van der Waals surface area contributed by atoms with Crippen LogP contribution < -0.4 is 5.73 Å². The third-order valence-electron chi connectivity index (χ3n) is 1.71. The van der Waals surface area contributed by atoms with Crippen molar-refractivity contribution in [2.45, 2.75) is 6.04 Å². The van der Waals surface area contributed by atoms with E-state index in [2.05, 4.69) is 35.9 Å². The summed E-state index contributed by atoms with van der Waals surface area (Å²) in [7, 11) is 0. The molecule has 0 radical (unpaired) electrons. The standard InChI is InChI=1S/C7H7BrN6/c8-1-3-2-11-6-4(12-3)5(9)13-7(10)14-6/h2-3H,1H2,(H3,9,10,13). The van der Waals surface area contributed by atoms with Crippen LogP contribution in [0.15, 0.2) is 20.0 Å². The van der Waals surface area contributed by atoms with Gasteiger partial charge in [-0.1, -0.05) is 15.9 Å². The lowest BCUT2D eigenvalue weighted by molar-refractivity contribution is 1.02. The number of rotatable bonds is 1. The Bertz CT molecular complexity index is 404. The summed E-state index contributed by atoms with van der Waals surface area (Å²) in [6, 6.07) is -0.0371. The number of alkyl halides is 1. The van der Waals surface area contributed by atoms with Gasteiger partial charge < -0.3 is 5.73 Å². The smallest absolute Gasteiger partial charge is 0.245 e. The Hall–Kier alpha value is -1.37. The molecule has 1 atom stereocenters. The van der Waals surface area contributed by atoms with Crippen molar-refractivity contribution in [3.63, 3.8) is 0 Å². The lowest BCUT2D eigenvalue weighted by Crippen LogP contribution is -2.38. The number of guanidine groups is 1. The van der Waals surface area contributed by atoms with E-state index in [1.54, 1.807) is 6.21 Å². The highest BCUT2D eigenvalue weighted by Gasteiger charge is 2.23. The van der Waals surface area contributed by atoms with Crippen LogP contribution in [0.1, 0.15) is 0 Å². The Kier molecular flexibility index (Phi) is 2.24. The average Bonchev–Trinajstić information content (AvgIpc) is 2.17. The molecule has 0 aromatic rings. The minimum Gasteiger partial charge on any atom is -0.382 e. The first-order valence-corrected chi connectivity index (χ1v) is 5.03. The second-order valence-corrected chi connectivity index (χ2v) is 3.38. The molecule has 1 unspecified atom stereocenters. The number of hydrogen-bond donors (Lipinski definition) is 2. The van der Waals surface area contributed by atoms with Crippen LogP contribution in [0.4, 0.5) is 0 Å². The van der Waals surface area contributed by atoms with Crippen molar-refractivity contribution in [2.75, 3.05) is 5.33 Å². The Morgan fingerprint density at radius 2 is 2.29 bits per heavy atom. The molecule has 0 fully saturated rings. The van der Waals surface area contributed by atoms with E-state index in [9.17, 15) is 0 Å². The van der Waals surface area contributed by atoms with Crippen LogP contribution in [0.3, 0.4) is 0 Å². The van der Waals surface area contributed by atoms with Crippen LogP contribution in [0, 0.1) is 5.41 Å². The predicted octanol–water partition coefficient (Wildman–Crippen LogP) is -0.0206. The minimum absolute atomic E-state index is 0.0371. The lowest BCUT2D eigenvalue weighted by Gasteiger charge is -2.16. The van der Waals surface area contributed by atoms with Gasteiger partial charge in [0.2, 0.25) is 5.96 Å². The third kappa shape index (κ3) is 1.50. The van der Waals surface area contributed by atoms with E-state index in [1.807, 2.05) is 0 Å². The molecule has 0 aliphatic carbocycles. The molecule has 2 heterocycles. The van der Waals surface area contributed by atoms with Gasteiger partial charge in [-0.15, -0.1) is 0 Å². The van der Waals surface area contributed by atoms with E-state index in [4.69, 9.17) is 11.1 Å². The molecule has 2 aliphatic heterocycles. The highest BCUT2D eigenvalue weighted by Crippen LogP contribution is 2.07. The number of nitrogens with one attached hydrogen (secondary N) is 1. The molecule has 0 amide bonds. The largest absolute Gasteiger partial charge is 0.382 e. The summed E-state index contributed by atoms with van der Waals surface area (Å²) in [5.41, 5.74) is 6.08. The average molecular weight is 255 g/mol. The predicted molar refractivity (Wildman–Crippen MR) is 60.3 cm³/mol. The molecular weight excluding hydrogens is 248 g/mol. The Morgan fingerprint density at radius 1 is 1.50 bits per heavy atom. The molecule has 0 saturated heterocycles. The van der Waals surface area contributed by atoms with Crippen LogP contribution in [0.25, 0.3) is 0 Å². The number of fused-ring (bicyclic) bond motifs is 1. The van der Waals surface area contributed by atoms with Crippen molar-refractivity contribution in [3.8, 4) is 0 Å². The van der Waals surface area contributed by atoms with Crippen LogP contribution in [-0.4, -0.2) is 40.9 Å². The Balaban J connectivity index is 2.40. The number of nitrogens with zero attached hydrogens (tertiary/aromatic N) is 4. The molecule has 72 valence electrons. The second-order valence-electron chi connectivity index (χ2n) is 2.73. The van der Waals surface area contributed by atoms with Crippen molar-refractivity contribution in [1.82, 2.24) is 0 Å². The molecular formula is C7H7BrN6. The minimum atomic E-state index is -0.133. The first kappa shape index (κ1) is 9.20. The van der Waals surface area contributed by atoms with Gasteiger partial charge in [-0.2, -0.15) is 9.98 Å². The molecule has 7 heteroatoms. The third-order valence-corrected chi connectivity index (χ3v) is 2.38. The quantitative estimate of drug-likeness (QED) is 0.632. The zero-order valence-corrected chi connectivity index (χ0v) is 8.69. The molecule has 0 aromatic carbocycles. The molecule has 6 nitrogen and oxygen atoms in total. The van der Waals surface area contributed by atoms with Gasteiger partial charge in [0.05, 0.1) is 6.04 Å². The first-order chi connectivity index (χ1) is 6.70. The fourth-order valence-electron chi connectivity index (χ4n) is 1.10. The molecule has 14 heavy (non-hydrogen) atoms. The maximum absolute atomic E-state index is 7.24. The fraction of sp³-hybridized carbons (Fsp3) is 0.286. The van der Waals surface area contributed by atoms with E-state index in [1.165, 1.54) is 0 Å². The van der Waals surface area contributed by atoms with E-state index >= 15 is 0 Å². The van der Waals surface area contributed by atoms with E-state index in [0.29, 0.717) is 16.9 Å². The number of nitrogens with two attached hydrogens (primary N) is 1. The Morgan fingerprint density at radius 3 is 3.00 bits per heavy atom. The molecule has 0 bridgehead atoms. The molecule has 2 rings (SSSR count). The summed E-state index contributed by atoms with van der Waals surface area (Å²) in [5, 5.41) is 7.92. The van der Waals surface area contributed by atoms with Gasteiger partial charge in [-0.05, 0) is 0 Å². The maximum Gasteiger partial charge on any atom is 0.245 e. The number of hydrogen-bond acceptors (Lipinski definition) is 4. The highest BCUT2D eigenvalue weighted by atomic mass is 79.9. The number of halogens is 1. The Labute approximate surface area is 88.4 Å². The molecule has 3 N–H and O–H groups in total. The van der Waals surface area contributed by atoms with E-state index < -0.39 is 0 Å².